The lowest BCUT2D eigenvalue weighted by Gasteiger charge is -2.17. The van der Waals surface area contributed by atoms with E-state index in [9.17, 15) is 9.59 Å². The molecule has 3 atom stereocenters. The van der Waals surface area contributed by atoms with Crippen molar-refractivity contribution in [3.05, 3.63) is 0 Å². The Hall–Kier alpha value is -1.10. The third-order valence-corrected chi connectivity index (χ3v) is 2.64. The summed E-state index contributed by atoms with van der Waals surface area (Å²) in [6.45, 7) is 1.45. The van der Waals surface area contributed by atoms with Crippen molar-refractivity contribution in [1.29, 1.82) is 0 Å². The number of carboxylic acids is 1. The SMILES string of the molecule is C[C@H](NC(=O)[C@@H]1CCC[C@@H]1N)C(=O)O. The molecule has 14 heavy (non-hydrogen) atoms. The van der Waals surface area contributed by atoms with Crippen LogP contribution < -0.4 is 11.1 Å². The van der Waals surface area contributed by atoms with E-state index in [1.165, 1.54) is 6.92 Å². The molecule has 0 aromatic rings. The molecule has 0 spiro atoms. The molecular weight excluding hydrogens is 184 g/mol. The highest BCUT2D eigenvalue weighted by molar-refractivity contribution is 5.85. The Morgan fingerprint density at radius 1 is 1.50 bits per heavy atom. The highest BCUT2D eigenvalue weighted by atomic mass is 16.4. The molecular formula is C9H16N2O3. The summed E-state index contributed by atoms with van der Waals surface area (Å²) in [5.41, 5.74) is 5.72. The van der Waals surface area contributed by atoms with E-state index in [0.29, 0.717) is 0 Å². The zero-order chi connectivity index (χ0) is 10.7. The molecule has 5 nitrogen and oxygen atoms in total. The second kappa shape index (κ2) is 4.41. The fourth-order valence-corrected chi connectivity index (χ4v) is 1.70. The molecule has 0 aromatic heterocycles. The average molecular weight is 200 g/mol. The molecule has 0 aliphatic heterocycles. The van der Waals surface area contributed by atoms with E-state index < -0.39 is 12.0 Å². The van der Waals surface area contributed by atoms with Crippen molar-refractivity contribution < 1.29 is 14.7 Å². The number of nitrogens with two attached hydrogens (primary N) is 1. The van der Waals surface area contributed by atoms with Gasteiger partial charge in [0.05, 0.1) is 5.92 Å². The van der Waals surface area contributed by atoms with Crippen LogP contribution in [0.3, 0.4) is 0 Å². The lowest BCUT2D eigenvalue weighted by atomic mass is 10.0. The number of aliphatic carboxylic acids is 1. The van der Waals surface area contributed by atoms with Gasteiger partial charge < -0.3 is 16.2 Å². The summed E-state index contributed by atoms with van der Waals surface area (Å²) in [6, 6.07) is -0.953. The molecule has 80 valence electrons. The van der Waals surface area contributed by atoms with Crippen molar-refractivity contribution in [2.24, 2.45) is 11.7 Å². The molecule has 1 aliphatic carbocycles. The monoisotopic (exact) mass is 200 g/mol. The molecule has 1 amide bonds. The number of hydrogen-bond donors (Lipinski definition) is 3. The summed E-state index contributed by atoms with van der Waals surface area (Å²) in [4.78, 5) is 22.0. The topological polar surface area (TPSA) is 92.4 Å². The van der Waals surface area contributed by atoms with Gasteiger partial charge in [0.2, 0.25) is 5.91 Å². The molecule has 0 saturated heterocycles. The smallest absolute Gasteiger partial charge is 0.325 e. The van der Waals surface area contributed by atoms with Crippen LogP contribution in [0.5, 0.6) is 0 Å². The van der Waals surface area contributed by atoms with E-state index >= 15 is 0 Å². The Morgan fingerprint density at radius 3 is 2.57 bits per heavy atom. The minimum atomic E-state index is -1.02. The van der Waals surface area contributed by atoms with Crippen molar-refractivity contribution in [2.45, 2.75) is 38.3 Å². The molecule has 1 saturated carbocycles. The molecule has 5 heteroatoms. The van der Waals surface area contributed by atoms with Crippen molar-refractivity contribution in [3.63, 3.8) is 0 Å². The quantitative estimate of drug-likeness (QED) is 0.583. The number of carbonyl (C=O) groups is 2. The van der Waals surface area contributed by atoms with E-state index in [1.54, 1.807) is 0 Å². The third kappa shape index (κ3) is 2.45. The number of carboxylic acid groups (broad SMARTS) is 1. The van der Waals surface area contributed by atoms with Gasteiger partial charge in [-0.2, -0.15) is 0 Å². The third-order valence-electron chi connectivity index (χ3n) is 2.64. The van der Waals surface area contributed by atoms with Crippen LogP contribution in [0.15, 0.2) is 0 Å². The molecule has 0 radical (unpaired) electrons. The van der Waals surface area contributed by atoms with Gasteiger partial charge in [-0.3, -0.25) is 9.59 Å². The van der Waals surface area contributed by atoms with E-state index in [1.807, 2.05) is 0 Å². The maximum atomic E-state index is 11.5. The van der Waals surface area contributed by atoms with Crippen molar-refractivity contribution in [3.8, 4) is 0 Å². The summed E-state index contributed by atoms with van der Waals surface area (Å²) in [7, 11) is 0. The van der Waals surface area contributed by atoms with Crippen molar-refractivity contribution in [1.82, 2.24) is 5.32 Å². The minimum absolute atomic E-state index is 0.115. The molecule has 0 heterocycles. The van der Waals surface area contributed by atoms with Crippen molar-refractivity contribution >= 4 is 11.9 Å². The van der Waals surface area contributed by atoms with Crippen LogP contribution in [0.2, 0.25) is 0 Å². The van der Waals surface area contributed by atoms with Crippen LogP contribution in [0.1, 0.15) is 26.2 Å². The largest absolute Gasteiger partial charge is 0.480 e. The summed E-state index contributed by atoms with van der Waals surface area (Å²) < 4.78 is 0. The van der Waals surface area contributed by atoms with Gasteiger partial charge in [0.1, 0.15) is 6.04 Å². The number of rotatable bonds is 3. The highest BCUT2D eigenvalue weighted by Crippen LogP contribution is 2.23. The molecule has 4 N–H and O–H groups in total. The van der Waals surface area contributed by atoms with Gasteiger partial charge in [-0.1, -0.05) is 6.42 Å². The molecule has 0 bridgehead atoms. The Morgan fingerprint density at radius 2 is 2.14 bits per heavy atom. The lowest BCUT2D eigenvalue weighted by Crippen LogP contribution is -2.45. The second-order valence-corrected chi connectivity index (χ2v) is 3.77. The van der Waals surface area contributed by atoms with E-state index in [4.69, 9.17) is 10.8 Å². The molecule has 0 aromatic carbocycles. The Bertz CT molecular complexity index is 242. The second-order valence-electron chi connectivity index (χ2n) is 3.77. The first-order valence-corrected chi connectivity index (χ1v) is 4.81. The van der Waals surface area contributed by atoms with Gasteiger partial charge in [-0.15, -0.1) is 0 Å². The van der Waals surface area contributed by atoms with E-state index in [-0.39, 0.29) is 17.9 Å². The standard InChI is InChI=1S/C9H16N2O3/c1-5(9(13)14)11-8(12)6-3-2-4-7(6)10/h5-7H,2-4,10H2,1H3,(H,11,12)(H,13,14)/t5-,6+,7-/m0/s1. The van der Waals surface area contributed by atoms with Crippen LogP contribution in [0.25, 0.3) is 0 Å². The van der Waals surface area contributed by atoms with Gasteiger partial charge in [0, 0.05) is 6.04 Å². The zero-order valence-electron chi connectivity index (χ0n) is 8.19. The van der Waals surface area contributed by atoms with Crippen LogP contribution in [0, 0.1) is 5.92 Å². The first-order chi connectivity index (χ1) is 6.52. The molecule has 1 rings (SSSR count). The summed E-state index contributed by atoms with van der Waals surface area (Å²) >= 11 is 0. The number of carbonyl (C=O) groups excluding carboxylic acids is 1. The normalized spacial score (nSPS) is 28.4. The number of amides is 1. The average Bonchev–Trinajstić information content (AvgIpc) is 2.51. The Labute approximate surface area is 82.7 Å². The molecule has 0 unspecified atom stereocenters. The zero-order valence-corrected chi connectivity index (χ0v) is 8.19. The van der Waals surface area contributed by atoms with Crippen LogP contribution in [-0.4, -0.2) is 29.1 Å². The van der Waals surface area contributed by atoms with E-state index in [2.05, 4.69) is 5.32 Å². The van der Waals surface area contributed by atoms with Crippen LogP contribution in [-0.2, 0) is 9.59 Å². The predicted molar refractivity (Wildman–Crippen MR) is 50.6 cm³/mol. The predicted octanol–water partition coefficient (Wildman–Crippen LogP) is -0.297. The van der Waals surface area contributed by atoms with Crippen LogP contribution in [0.4, 0.5) is 0 Å². The van der Waals surface area contributed by atoms with Crippen LogP contribution >= 0.6 is 0 Å². The van der Waals surface area contributed by atoms with Gasteiger partial charge in [0.15, 0.2) is 0 Å². The van der Waals surface area contributed by atoms with Gasteiger partial charge in [-0.25, -0.2) is 0 Å². The van der Waals surface area contributed by atoms with Gasteiger partial charge >= 0.3 is 5.97 Å². The maximum absolute atomic E-state index is 11.5. The van der Waals surface area contributed by atoms with Gasteiger partial charge in [-0.05, 0) is 19.8 Å². The Kier molecular flexibility index (Phi) is 3.46. The maximum Gasteiger partial charge on any atom is 0.325 e. The summed E-state index contributed by atoms with van der Waals surface area (Å²) in [5, 5.41) is 11.0. The van der Waals surface area contributed by atoms with Crippen molar-refractivity contribution in [2.75, 3.05) is 0 Å². The van der Waals surface area contributed by atoms with E-state index in [0.717, 1.165) is 19.3 Å². The fourth-order valence-electron chi connectivity index (χ4n) is 1.70. The summed E-state index contributed by atoms with van der Waals surface area (Å²) in [6.07, 6.45) is 2.56. The Balaban J connectivity index is 2.45. The molecule has 1 aliphatic rings. The van der Waals surface area contributed by atoms with Gasteiger partial charge in [0.25, 0.3) is 0 Å². The summed E-state index contributed by atoms with van der Waals surface area (Å²) in [5.74, 6) is -1.47. The first kappa shape index (κ1) is 11.0. The lowest BCUT2D eigenvalue weighted by molar-refractivity contribution is -0.142. The number of nitrogens with one attached hydrogen (secondary N) is 1. The highest BCUT2D eigenvalue weighted by Gasteiger charge is 2.31. The minimum Gasteiger partial charge on any atom is -0.480 e. The first-order valence-electron chi connectivity index (χ1n) is 4.81. The molecule has 1 fully saturated rings. The fraction of sp³-hybridized carbons (Fsp3) is 0.778. The number of hydrogen-bond acceptors (Lipinski definition) is 3.